The zero-order valence-electron chi connectivity index (χ0n) is 22.6. The van der Waals surface area contributed by atoms with Crippen molar-refractivity contribution in [2.45, 2.75) is 95.9 Å². The van der Waals surface area contributed by atoms with Crippen LogP contribution in [-0.4, -0.2) is 70.7 Å². The van der Waals surface area contributed by atoms with E-state index in [1.807, 2.05) is 13.8 Å². The molecule has 208 valence electrons. The fourth-order valence-electron chi connectivity index (χ4n) is 7.01. The quantitative estimate of drug-likeness (QED) is 0.430. The van der Waals surface area contributed by atoms with E-state index < -0.39 is 76.9 Å². The second kappa shape index (κ2) is 9.64. The van der Waals surface area contributed by atoms with Gasteiger partial charge in [0.15, 0.2) is 5.60 Å². The number of fused-ring (bicyclic) bond motifs is 1. The normalized spacial score (nSPS) is 36.9. The summed E-state index contributed by atoms with van der Waals surface area (Å²) >= 11 is 0. The number of hydrogen-bond acceptors (Lipinski definition) is 10. The summed E-state index contributed by atoms with van der Waals surface area (Å²) in [6, 6.07) is 8.37. The average molecular weight is 533 g/mol. The Labute approximate surface area is 221 Å². The number of carbonyl (C=O) groups excluding carboxylic acids is 4. The molecule has 2 bridgehead atoms. The fraction of sp³-hybridized carbons (Fsp3) is 0.643. The molecular formula is C28H36O10. The SMILES string of the molecule is CC(=O)OC[C@@]12[C@H](OC(C)=O)C[C@@H]3[C@H](OC(C)=O)[C@]1(OC3(C)C)[C@@](C)(O)CC[C@H]2OC(=O)c1ccccc1. The number of aliphatic hydroxyl groups is 1. The highest BCUT2D eigenvalue weighted by Crippen LogP contribution is 2.68. The van der Waals surface area contributed by atoms with Crippen molar-refractivity contribution in [3.05, 3.63) is 35.9 Å². The van der Waals surface area contributed by atoms with Crippen molar-refractivity contribution >= 4 is 23.9 Å². The van der Waals surface area contributed by atoms with Crippen molar-refractivity contribution in [3.63, 3.8) is 0 Å². The standard InChI is InChI=1S/C28H36O10/c1-16(29)34-15-27-21(37-24(32)19-10-8-7-9-11-19)12-13-26(6,33)28(27)23(36-18(3)31)20(25(4,5)38-28)14-22(27)35-17(2)30/h7-11,20-23,33H,12-15H2,1-6H3/t20-,21-,22-,23+,26+,27-,28+/m1/s1. The maximum Gasteiger partial charge on any atom is 0.338 e. The summed E-state index contributed by atoms with van der Waals surface area (Å²) in [5.41, 5.74) is -5.68. The lowest BCUT2D eigenvalue weighted by Crippen LogP contribution is -2.81. The minimum atomic E-state index is -1.76. The zero-order valence-corrected chi connectivity index (χ0v) is 22.6. The summed E-state index contributed by atoms with van der Waals surface area (Å²) in [5, 5.41) is 12.1. The highest BCUT2D eigenvalue weighted by molar-refractivity contribution is 5.89. The first-order valence-corrected chi connectivity index (χ1v) is 12.8. The Kier molecular flexibility index (Phi) is 7.12. The van der Waals surface area contributed by atoms with Crippen molar-refractivity contribution in [2.75, 3.05) is 6.61 Å². The Morgan fingerprint density at radius 2 is 1.55 bits per heavy atom. The third kappa shape index (κ3) is 4.27. The Bertz CT molecular complexity index is 1110. The van der Waals surface area contributed by atoms with Crippen LogP contribution < -0.4 is 0 Å². The van der Waals surface area contributed by atoms with E-state index in [2.05, 4.69) is 0 Å². The fourth-order valence-corrected chi connectivity index (χ4v) is 7.01. The molecule has 0 aromatic heterocycles. The molecule has 10 nitrogen and oxygen atoms in total. The molecule has 0 radical (unpaired) electrons. The van der Waals surface area contributed by atoms with E-state index in [1.54, 1.807) is 37.3 Å². The molecule has 0 amide bonds. The van der Waals surface area contributed by atoms with Crippen LogP contribution in [0.5, 0.6) is 0 Å². The van der Waals surface area contributed by atoms with Crippen LogP contribution in [0.1, 0.15) is 71.2 Å². The van der Waals surface area contributed by atoms with Crippen molar-refractivity contribution < 1.29 is 48.0 Å². The number of hydrogen-bond donors (Lipinski definition) is 1. The minimum Gasteiger partial charge on any atom is -0.465 e. The van der Waals surface area contributed by atoms with Gasteiger partial charge in [0, 0.05) is 26.7 Å². The van der Waals surface area contributed by atoms with Crippen LogP contribution in [0, 0.1) is 11.3 Å². The Balaban J connectivity index is 1.97. The van der Waals surface area contributed by atoms with Gasteiger partial charge in [0.2, 0.25) is 0 Å². The summed E-state index contributed by atoms with van der Waals surface area (Å²) in [4.78, 5) is 50.3. The number of ether oxygens (including phenoxy) is 5. The Morgan fingerprint density at radius 1 is 0.921 bits per heavy atom. The van der Waals surface area contributed by atoms with Gasteiger partial charge in [-0.15, -0.1) is 0 Å². The summed E-state index contributed by atoms with van der Waals surface area (Å²) < 4.78 is 30.2. The van der Waals surface area contributed by atoms with E-state index in [0.29, 0.717) is 5.56 Å². The van der Waals surface area contributed by atoms with Crippen LogP contribution in [0.2, 0.25) is 0 Å². The van der Waals surface area contributed by atoms with Crippen LogP contribution in [0.25, 0.3) is 0 Å². The van der Waals surface area contributed by atoms with E-state index in [4.69, 9.17) is 23.7 Å². The van der Waals surface area contributed by atoms with Crippen molar-refractivity contribution in [2.24, 2.45) is 11.3 Å². The molecule has 4 rings (SSSR count). The third-order valence-corrected chi connectivity index (χ3v) is 8.46. The molecule has 1 N–H and O–H groups in total. The lowest BCUT2D eigenvalue weighted by Gasteiger charge is -2.64. The summed E-state index contributed by atoms with van der Waals surface area (Å²) in [6.45, 7) is 8.52. The van der Waals surface area contributed by atoms with E-state index in [1.165, 1.54) is 20.8 Å². The van der Waals surface area contributed by atoms with Gasteiger partial charge in [-0.05, 0) is 52.2 Å². The van der Waals surface area contributed by atoms with Gasteiger partial charge in [0.05, 0.1) is 16.8 Å². The average Bonchev–Trinajstić information content (AvgIpc) is 2.98. The van der Waals surface area contributed by atoms with Crippen molar-refractivity contribution in [1.82, 2.24) is 0 Å². The number of esters is 4. The molecule has 38 heavy (non-hydrogen) atoms. The maximum absolute atomic E-state index is 13.3. The molecule has 0 unspecified atom stereocenters. The molecule has 7 atom stereocenters. The molecule has 1 spiro atoms. The molecule has 2 aliphatic carbocycles. The van der Waals surface area contributed by atoms with E-state index in [9.17, 15) is 24.3 Å². The molecule has 3 aliphatic rings. The Hall–Kier alpha value is -2.98. The molecule has 3 fully saturated rings. The van der Waals surface area contributed by atoms with Crippen LogP contribution in [0.3, 0.4) is 0 Å². The predicted molar refractivity (Wildman–Crippen MR) is 132 cm³/mol. The van der Waals surface area contributed by atoms with Crippen LogP contribution in [-0.2, 0) is 38.1 Å². The molecule has 10 heteroatoms. The van der Waals surface area contributed by atoms with Gasteiger partial charge in [0.1, 0.15) is 30.3 Å². The molecule has 1 aromatic rings. The topological polar surface area (TPSA) is 135 Å². The first kappa shape index (κ1) is 28.0. The monoisotopic (exact) mass is 532 g/mol. The van der Waals surface area contributed by atoms with Crippen molar-refractivity contribution in [3.8, 4) is 0 Å². The second-order valence-corrected chi connectivity index (χ2v) is 11.3. The lowest BCUT2D eigenvalue weighted by atomic mass is 9.47. The second-order valence-electron chi connectivity index (χ2n) is 11.3. The Morgan fingerprint density at radius 3 is 2.13 bits per heavy atom. The molecule has 1 heterocycles. The third-order valence-electron chi connectivity index (χ3n) is 8.46. The highest BCUT2D eigenvalue weighted by atomic mass is 16.6. The largest absolute Gasteiger partial charge is 0.465 e. The van der Waals surface area contributed by atoms with Crippen molar-refractivity contribution in [1.29, 1.82) is 0 Å². The first-order valence-electron chi connectivity index (χ1n) is 12.8. The molecule has 1 saturated heterocycles. The minimum absolute atomic E-state index is 0.106. The highest BCUT2D eigenvalue weighted by Gasteiger charge is 2.84. The molecule has 1 aliphatic heterocycles. The summed E-state index contributed by atoms with van der Waals surface area (Å²) in [5.74, 6) is -2.95. The van der Waals surface area contributed by atoms with Gasteiger partial charge in [-0.25, -0.2) is 4.79 Å². The van der Waals surface area contributed by atoms with Gasteiger partial charge in [-0.1, -0.05) is 18.2 Å². The van der Waals surface area contributed by atoms with Gasteiger partial charge < -0.3 is 28.8 Å². The predicted octanol–water partition coefficient (Wildman–Crippen LogP) is 2.74. The molecular weight excluding hydrogens is 496 g/mol. The van der Waals surface area contributed by atoms with Crippen LogP contribution in [0.4, 0.5) is 0 Å². The maximum atomic E-state index is 13.3. The van der Waals surface area contributed by atoms with Gasteiger partial charge in [-0.2, -0.15) is 0 Å². The summed E-state index contributed by atoms with van der Waals surface area (Å²) in [6.07, 6.45) is -2.64. The van der Waals surface area contributed by atoms with Gasteiger partial charge in [-0.3, -0.25) is 14.4 Å². The van der Waals surface area contributed by atoms with E-state index in [-0.39, 0.29) is 19.3 Å². The lowest BCUT2D eigenvalue weighted by molar-refractivity contribution is -0.340. The molecule has 2 saturated carbocycles. The van der Waals surface area contributed by atoms with E-state index in [0.717, 1.165) is 0 Å². The number of carbonyl (C=O) groups is 4. The zero-order chi connectivity index (χ0) is 28.1. The van der Waals surface area contributed by atoms with Gasteiger partial charge in [0.25, 0.3) is 0 Å². The van der Waals surface area contributed by atoms with Crippen LogP contribution >= 0.6 is 0 Å². The first-order chi connectivity index (χ1) is 17.7. The van der Waals surface area contributed by atoms with Crippen LogP contribution in [0.15, 0.2) is 30.3 Å². The smallest absolute Gasteiger partial charge is 0.338 e. The molecule has 1 aromatic carbocycles. The number of benzene rings is 1. The summed E-state index contributed by atoms with van der Waals surface area (Å²) in [7, 11) is 0. The van der Waals surface area contributed by atoms with E-state index >= 15 is 0 Å². The van der Waals surface area contributed by atoms with Gasteiger partial charge >= 0.3 is 23.9 Å². The number of rotatable bonds is 6.